The predicted octanol–water partition coefficient (Wildman–Crippen LogP) is 1.25. The molecule has 3 rings (SSSR count). The van der Waals surface area contributed by atoms with Gasteiger partial charge in [0.25, 0.3) is 5.91 Å². The number of nitrogens with two attached hydrogens (primary N) is 1. The molecule has 13 N–H and O–H groups in total. The highest BCUT2D eigenvalue weighted by molar-refractivity contribution is 5.82. The van der Waals surface area contributed by atoms with Gasteiger partial charge >= 0.3 is 11.9 Å². The highest BCUT2D eigenvalue weighted by Crippen LogP contribution is 2.38. The van der Waals surface area contributed by atoms with Gasteiger partial charge < -0.3 is 80.6 Å². The van der Waals surface area contributed by atoms with Crippen molar-refractivity contribution >= 4 is 17.8 Å². The van der Waals surface area contributed by atoms with Crippen molar-refractivity contribution < 1.29 is 89.2 Å². The quantitative estimate of drug-likeness (QED) is 0.140. The molecule has 0 spiro atoms. The smallest absolute Gasteiger partial charge is 0.337 e. The van der Waals surface area contributed by atoms with Crippen molar-refractivity contribution in [2.24, 2.45) is 28.9 Å². The van der Waals surface area contributed by atoms with Gasteiger partial charge in [0, 0.05) is 37.5 Å². The Hall–Kier alpha value is -3.97. The molecule has 3 aliphatic rings. The third-order valence-corrected chi connectivity index (χ3v) is 12.9. The second-order valence-corrected chi connectivity index (χ2v) is 20.3. The molecule has 20 nitrogen and oxygen atoms in total. The number of nitrogens with one attached hydrogen (secondary N) is 1. The van der Waals surface area contributed by atoms with Crippen molar-refractivity contribution in [2.45, 2.75) is 197 Å². The van der Waals surface area contributed by atoms with Crippen LogP contribution in [0.3, 0.4) is 0 Å². The maximum atomic E-state index is 13.8. The Morgan fingerprint density at radius 1 is 0.681 bits per heavy atom. The number of carbonyl (C=O) groups is 3. The lowest BCUT2D eigenvalue weighted by Gasteiger charge is -2.45. The Balaban J connectivity index is 1.96. The van der Waals surface area contributed by atoms with Crippen LogP contribution in [-0.2, 0) is 38.2 Å². The van der Waals surface area contributed by atoms with Gasteiger partial charge in [-0.1, -0.05) is 98.9 Å². The van der Waals surface area contributed by atoms with Crippen LogP contribution in [0, 0.1) is 23.2 Å². The molecule has 3 aliphatic heterocycles. The lowest BCUT2D eigenvalue weighted by molar-refractivity contribution is -0.307. The van der Waals surface area contributed by atoms with E-state index in [4.69, 9.17) is 29.5 Å². The van der Waals surface area contributed by atoms with E-state index in [0.717, 1.165) is 0 Å². The van der Waals surface area contributed by atoms with E-state index >= 15 is 0 Å². The van der Waals surface area contributed by atoms with Crippen LogP contribution in [0.2, 0.25) is 0 Å². The van der Waals surface area contributed by atoms with Crippen molar-refractivity contribution in [2.75, 3.05) is 0 Å². The average Bonchev–Trinajstić information content (AvgIpc) is 3.28. The molecule has 0 aromatic carbocycles. The van der Waals surface area contributed by atoms with Crippen LogP contribution in [0.4, 0.5) is 0 Å². The normalized spacial score (nSPS) is 42.3. The van der Waals surface area contributed by atoms with E-state index in [2.05, 4.69) is 5.48 Å². The molecule has 19 atom stereocenters. The number of hydrogen-bond acceptors (Lipinski definition) is 19. The molecule has 0 aromatic rings. The minimum Gasteiger partial charge on any atom is -0.462 e. The van der Waals surface area contributed by atoms with E-state index in [1.165, 1.54) is 13.0 Å². The van der Waals surface area contributed by atoms with Crippen LogP contribution in [0.1, 0.15) is 99.8 Å². The van der Waals surface area contributed by atoms with Crippen molar-refractivity contribution in [3.8, 4) is 0 Å². The number of aliphatic hydroxyl groups is 10. The Bertz CT molecular complexity index is 1900. The van der Waals surface area contributed by atoms with Crippen LogP contribution in [0.25, 0.3) is 0 Å². The number of amides is 1. The number of aliphatic hydroxyl groups excluding tert-OH is 9. The zero-order valence-electron chi connectivity index (χ0n) is 42.4. The number of allylic oxidation sites excluding steroid dienone is 12. The summed E-state index contributed by atoms with van der Waals surface area (Å²) in [5.41, 5.74) is 7.13. The van der Waals surface area contributed by atoms with Crippen molar-refractivity contribution in [1.29, 1.82) is 0 Å². The molecule has 5 unspecified atom stereocenters. The van der Waals surface area contributed by atoms with Gasteiger partial charge in [-0.15, -0.1) is 0 Å². The molecule has 1 amide bonds. The van der Waals surface area contributed by atoms with E-state index in [1.54, 1.807) is 108 Å². The van der Waals surface area contributed by atoms with Gasteiger partial charge in [0.1, 0.15) is 12.2 Å². The summed E-state index contributed by atoms with van der Waals surface area (Å²) in [7, 11) is 0. The molecular formula is C52H82N2O18. The first-order valence-electron chi connectivity index (χ1n) is 24.7. The van der Waals surface area contributed by atoms with Crippen LogP contribution < -0.4 is 11.2 Å². The molecule has 20 heteroatoms. The molecule has 72 heavy (non-hydrogen) atoms. The SMILES string of the molecule is CC1OC(O[C@H]2/C=C/C=C/C=C/C=C/C=C/C=C/C=C/[C@H](C)[C@@H](O)[C@@H](C)[C@H](C)OC(=O)C[C@H](O)C[C@H](O)CC[C@@H](O)[C@H](O)C[C@H](O)C[C@]3(O)C[C@H](O)[C@@H](C(=O)NOC(=O)C(C)(C)C)[C@H](C2)O3)C(O)C(N)C1O. The van der Waals surface area contributed by atoms with E-state index in [9.17, 15) is 65.4 Å². The van der Waals surface area contributed by atoms with E-state index in [-0.39, 0.29) is 31.6 Å². The summed E-state index contributed by atoms with van der Waals surface area (Å²) in [5.74, 6) is -7.21. The molecule has 2 bridgehead atoms. The topological polar surface area (TPSA) is 338 Å². The first kappa shape index (κ1) is 62.3. The summed E-state index contributed by atoms with van der Waals surface area (Å²) < 4.78 is 23.6. The number of ether oxygens (including phenoxy) is 4. The zero-order chi connectivity index (χ0) is 53.9. The van der Waals surface area contributed by atoms with Crippen LogP contribution in [0.15, 0.2) is 85.1 Å². The van der Waals surface area contributed by atoms with Crippen molar-refractivity contribution in [1.82, 2.24) is 5.48 Å². The lowest BCUT2D eigenvalue weighted by atomic mass is 9.82. The highest BCUT2D eigenvalue weighted by Gasteiger charge is 2.51. The Morgan fingerprint density at radius 3 is 1.83 bits per heavy atom. The van der Waals surface area contributed by atoms with E-state index in [0.29, 0.717) is 0 Å². The summed E-state index contributed by atoms with van der Waals surface area (Å²) in [6.45, 7) is 11.4. The zero-order valence-corrected chi connectivity index (χ0v) is 42.4. The fourth-order valence-electron chi connectivity index (χ4n) is 8.31. The molecule has 0 aliphatic carbocycles. The number of rotatable bonds is 3. The number of fused-ring (bicyclic) bond motifs is 2. The van der Waals surface area contributed by atoms with Gasteiger partial charge in [-0.25, -0.2) is 4.79 Å². The number of hydrogen-bond donors (Lipinski definition) is 12. The number of hydroxylamine groups is 1. The fraction of sp³-hybridized carbons (Fsp3) is 0.673. The summed E-state index contributed by atoms with van der Waals surface area (Å²) in [5, 5.41) is 110. The first-order valence-corrected chi connectivity index (χ1v) is 24.7. The molecule has 3 heterocycles. The summed E-state index contributed by atoms with van der Waals surface area (Å²) in [6.07, 6.45) is 2.96. The molecule has 2 saturated heterocycles. The monoisotopic (exact) mass is 1020 g/mol. The van der Waals surface area contributed by atoms with Crippen LogP contribution >= 0.6 is 0 Å². The second kappa shape index (κ2) is 29.8. The Morgan fingerprint density at radius 2 is 1.25 bits per heavy atom. The third kappa shape index (κ3) is 20.7. The third-order valence-electron chi connectivity index (χ3n) is 12.9. The predicted molar refractivity (Wildman–Crippen MR) is 263 cm³/mol. The van der Waals surface area contributed by atoms with Gasteiger partial charge in [0.2, 0.25) is 0 Å². The standard InChI is InChI=1S/C52H82N2O18/c1-30-20-18-16-14-12-10-8-9-11-13-15-17-19-21-37(70-49-47(64)44(53)46(63)33(4)69-49)27-41-43(48(65)54-72-50(66)51(5,6)7)40(60)29-52(67,71-41)28-36(57)25-39(59)38(58)23-22-34(55)24-35(56)26-42(61)68-32(3)31(2)45(30)62/h8-21,30-41,43-47,49,55-60,62-64,67H,22-29,53H2,1-7H3,(H,54,65)/b9-8+,12-10+,13-11+,16-14+,17-15+,20-18+,21-19+/t30-,31-,32-,33?,34+,35+,36-,37-,38+,39+,40-,41-,43+,44?,45+,46?,47?,49?,52+/m0/s1. The average molecular weight is 1020 g/mol. The largest absolute Gasteiger partial charge is 0.462 e. The van der Waals surface area contributed by atoms with Gasteiger partial charge in [0.15, 0.2) is 12.1 Å². The van der Waals surface area contributed by atoms with Gasteiger partial charge in [-0.05, 0) is 53.9 Å². The van der Waals surface area contributed by atoms with E-state index in [1.807, 2.05) is 13.0 Å². The number of esters is 1. The molecule has 0 radical (unpaired) electrons. The maximum Gasteiger partial charge on any atom is 0.337 e. The number of carbonyl (C=O) groups excluding carboxylic acids is 3. The van der Waals surface area contributed by atoms with Crippen LogP contribution in [0.5, 0.6) is 0 Å². The molecule has 0 saturated carbocycles. The first-order chi connectivity index (χ1) is 33.7. The fourth-order valence-corrected chi connectivity index (χ4v) is 8.31. The molecule has 0 aromatic heterocycles. The van der Waals surface area contributed by atoms with Crippen molar-refractivity contribution in [3.05, 3.63) is 85.1 Å². The lowest BCUT2D eigenvalue weighted by Crippen LogP contribution is -2.62. The van der Waals surface area contributed by atoms with E-state index < -0.39 is 158 Å². The Labute approximate surface area is 422 Å². The van der Waals surface area contributed by atoms with Gasteiger partial charge in [0.05, 0.1) is 90.9 Å². The molecular weight excluding hydrogens is 941 g/mol. The minimum absolute atomic E-state index is 0.123. The molecule has 408 valence electrons. The summed E-state index contributed by atoms with van der Waals surface area (Å²) in [4.78, 5) is 44.1. The summed E-state index contributed by atoms with van der Waals surface area (Å²) >= 11 is 0. The van der Waals surface area contributed by atoms with Crippen LogP contribution in [-0.4, -0.2) is 166 Å². The van der Waals surface area contributed by atoms with Gasteiger partial charge in [-0.3, -0.25) is 9.59 Å². The van der Waals surface area contributed by atoms with Crippen molar-refractivity contribution in [3.63, 3.8) is 0 Å². The Kier molecular flexibility index (Phi) is 25.8. The summed E-state index contributed by atoms with van der Waals surface area (Å²) in [6, 6.07) is -1.18. The van der Waals surface area contributed by atoms with Gasteiger partial charge in [-0.2, -0.15) is 5.48 Å². The number of cyclic esters (lactones) is 1. The maximum absolute atomic E-state index is 13.8. The second-order valence-electron chi connectivity index (χ2n) is 20.3. The molecule has 2 fully saturated rings. The minimum atomic E-state index is -2.37. The highest BCUT2D eigenvalue weighted by atomic mass is 16.7.